The Kier molecular flexibility index (Phi) is 16.1. The molecule has 12 bridgehead atoms. The van der Waals surface area contributed by atoms with Crippen molar-refractivity contribution in [3.05, 3.63) is 212 Å². The Labute approximate surface area is 419 Å². The molecule has 0 saturated carbocycles. The van der Waals surface area contributed by atoms with Gasteiger partial charge in [0.1, 0.15) is 0 Å². The van der Waals surface area contributed by atoms with E-state index < -0.39 is 14.8 Å². The van der Waals surface area contributed by atoms with Crippen LogP contribution < -0.4 is 14.7 Å². The van der Waals surface area contributed by atoms with Gasteiger partial charge in [-0.05, 0) is 114 Å². The van der Waals surface area contributed by atoms with E-state index in [0.29, 0.717) is 104 Å². The van der Waals surface area contributed by atoms with Gasteiger partial charge in [-0.2, -0.15) is 0 Å². The number of nitro benzene ring substituents is 3. The second-order valence-corrected chi connectivity index (χ2v) is 16.4. The van der Waals surface area contributed by atoms with Crippen molar-refractivity contribution in [2.45, 2.75) is 41.5 Å². The largest absolute Gasteiger partial charge is 0.372 e. The molecule has 0 aliphatic rings. The summed E-state index contributed by atoms with van der Waals surface area (Å²) in [5, 5.41) is 42.5. The summed E-state index contributed by atoms with van der Waals surface area (Å²) in [6.07, 6.45) is 0. The minimum Gasteiger partial charge on any atom is -0.372 e. The van der Waals surface area contributed by atoms with E-state index in [-0.39, 0.29) is 17.1 Å². The standard InChI is InChI=1S/C60H48N6O6/c1-7-61(8-2)55-31-43-13-19-49-28-51(39-58(37-49)64(67)68)21-15-45-26-47(35-56(33-45)62(9-3)10-4)17-23-53-30-54(42-60(41-53)66(71)72)24-18-48-27-46(34-57(36-48)63(11-5)12-6)16-22-52-29-50(20-14-44(25-43)32-55)38-59(40-52)65(69)70/h25-42H,7-12H2,1-6H3. The van der Waals surface area contributed by atoms with E-state index in [1.165, 1.54) is 36.4 Å². The third-order valence-electron chi connectivity index (χ3n) is 11.6. The highest BCUT2D eigenvalue weighted by Crippen LogP contribution is 2.24. The molecule has 0 fully saturated rings. The number of anilines is 3. The van der Waals surface area contributed by atoms with Crippen LogP contribution in [0.5, 0.6) is 0 Å². The maximum atomic E-state index is 12.2. The number of benzene rings is 6. The predicted octanol–water partition coefficient (Wildman–Crippen LogP) is 13.5. The lowest BCUT2D eigenvalue weighted by Crippen LogP contribution is -2.21. The normalized spacial score (nSPS) is 10.1. The highest BCUT2D eigenvalue weighted by Gasteiger charge is 2.09. The zero-order chi connectivity index (χ0) is 51.3. The van der Waals surface area contributed by atoms with Crippen LogP contribution >= 0.6 is 0 Å². The molecule has 7 aromatic carbocycles. The summed E-state index contributed by atoms with van der Waals surface area (Å²) in [7, 11) is 0. The van der Waals surface area contributed by atoms with Crippen LogP contribution in [-0.2, 0) is 0 Å². The third kappa shape index (κ3) is 12.9. The minimum absolute atomic E-state index is 0.177. The molecule has 0 heterocycles. The highest BCUT2D eigenvalue weighted by molar-refractivity contribution is 5.79. The van der Waals surface area contributed by atoms with Gasteiger partial charge in [0.15, 0.2) is 0 Å². The molecule has 0 spiro atoms. The first kappa shape index (κ1) is 50.2. The molecule has 72 heavy (non-hydrogen) atoms. The summed E-state index contributed by atoms with van der Waals surface area (Å²) in [5.74, 6) is 0. The Morgan fingerprint density at radius 1 is 0.278 bits per heavy atom. The molecule has 12 nitrogen and oxygen atoms in total. The van der Waals surface area contributed by atoms with E-state index in [1.54, 1.807) is 18.2 Å². The Bertz CT molecular complexity index is 2990. The van der Waals surface area contributed by atoms with Crippen molar-refractivity contribution in [3.63, 3.8) is 0 Å². The average molecular weight is 949 g/mol. The summed E-state index contributed by atoms with van der Waals surface area (Å²) in [6.45, 7) is 16.5. The van der Waals surface area contributed by atoms with Gasteiger partial charge in [-0.25, -0.2) is 0 Å². The van der Waals surface area contributed by atoms with Crippen LogP contribution in [0.4, 0.5) is 34.1 Å². The van der Waals surface area contributed by atoms with Gasteiger partial charge in [-0.3, -0.25) is 30.3 Å². The number of rotatable bonds is 12. The number of nitrogens with zero attached hydrogens (tertiary/aromatic N) is 6. The molecule has 0 aliphatic heterocycles. The molecule has 0 atom stereocenters. The van der Waals surface area contributed by atoms with Gasteiger partial charge in [0, 0.05) is 157 Å². The molecule has 12 heteroatoms. The average Bonchev–Trinajstić information content (AvgIpc) is 3.38. The Morgan fingerprint density at radius 2 is 0.417 bits per heavy atom. The molecule has 7 aromatic rings. The monoisotopic (exact) mass is 948 g/mol. The van der Waals surface area contributed by atoms with Crippen molar-refractivity contribution in [1.29, 1.82) is 0 Å². The fourth-order valence-corrected chi connectivity index (χ4v) is 8.03. The quantitative estimate of drug-likeness (QED) is 0.0865. The summed E-state index contributed by atoms with van der Waals surface area (Å²) in [6, 6.07) is 68.4. The highest BCUT2D eigenvalue weighted by atomic mass is 16.6. The van der Waals surface area contributed by atoms with Crippen LogP contribution in [0, 0.1) is 103 Å². The lowest BCUT2D eigenvalue weighted by atomic mass is 10.1. The second-order valence-electron chi connectivity index (χ2n) is 16.4. The molecule has 0 saturated heterocycles. The van der Waals surface area contributed by atoms with E-state index in [4.69, 9.17) is 0 Å². The zero-order valence-electron chi connectivity index (χ0n) is 40.8. The lowest BCUT2D eigenvalue weighted by molar-refractivity contribution is -0.384. The van der Waals surface area contributed by atoms with Gasteiger partial charge >= 0.3 is 0 Å². The number of nitro groups is 3. The van der Waals surface area contributed by atoms with Gasteiger partial charge in [-0.15, -0.1) is 0 Å². The smallest absolute Gasteiger partial charge is 0.271 e. The number of hydrogen-bond acceptors (Lipinski definition) is 9. The van der Waals surface area contributed by atoms with Gasteiger partial charge in [-0.1, -0.05) is 72.8 Å². The van der Waals surface area contributed by atoms with E-state index >= 15 is 0 Å². The second kappa shape index (κ2) is 23.1. The summed E-state index contributed by atoms with van der Waals surface area (Å²) < 4.78 is 0. The van der Waals surface area contributed by atoms with E-state index in [9.17, 15) is 30.3 Å². The van der Waals surface area contributed by atoms with E-state index in [2.05, 4.69) is 87.5 Å². The molecule has 0 amide bonds. The maximum Gasteiger partial charge on any atom is 0.271 e. The first-order valence-corrected chi connectivity index (χ1v) is 23.5. The van der Waals surface area contributed by atoms with Crippen LogP contribution in [0.3, 0.4) is 0 Å². The molecule has 0 aromatic heterocycles. The van der Waals surface area contributed by atoms with Gasteiger partial charge in [0.25, 0.3) is 17.1 Å². The summed E-state index contributed by atoms with van der Waals surface area (Å²) in [4.78, 5) is 41.6. The van der Waals surface area contributed by atoms with Crippen molar-refractivity contribution in [2.24, 2.45) is 0 Å². The van der Waals surface area contributed by atoms with Crippen LogP contribution in [0.25, 0.3) is 64.6 Å². The van der Waals surface area contributed by atoms with Gasteiger partial charge in [0.05, 0.1) is 14.8 Å². The number of fused-ring (bicyclic) bond motifs is 12. The first-order chi connectivity index (χ1) is 34.8. The Balaban J connectivity index is 1.59. The van der Waals surface area contributed by atoms with Crippen LogP contribution in [-0.4, -0.2) is 54.0 Å². The third-order valence-corrected chi connectivity index (χ3v) is 11.6. The predicted molar refractivity (Wildman–Crippen MR) is 287 cm³/mol. The van der Waals surface area contributed by atoms with Crippen LogP contribution in [0.1, 0.15) is 41.5 Å². The molecule has 0 unspecified atom stereocenters. The van der Waals surface area contributed by atoms with Gasteiger partial charge in [0.2, 0.25) is 0 Å². The Morgan fingerprint density at radius 3 is 0.542 bits per heavy atom. The van der Waals surface area contributed by atoms with Crippen LogP contribution in [0.2, 0.25) is 0 Å². The molecule has 0 aliphatic carbocycles. The van der Waals surface area contributed by atoms with Crippen molar-refractivity contribution < 1.29 is 14.8 Å². The van der Waals surface area contributed by atoms with Crippen molar-refractivity contribution in [2.75, 3.05) is 54.0 Å². The van der Waals surface area contributed by atoms with Crippen molar-refractivity contribution >= 4 is 98.8 Å². The Hall–Kier alpha value is -9.72. The number of hydrogen-bond donors (Lipinski definition) is 0. The van der Waals surface area contributed by atoms with Gasteiger partial charge < -0.3 is 14.7 Å². The molecule has 0 radical (unpaired) electrons. The zero-order valence-corrected chi connectivity index (χ0v) is 40.8. The van der Waals surface area contributed by atoms with Crippen molar-refractivity contribution in [3.8, 4) is 0 Å². The molecular formula is C60H48N6O6. The molecule has 7 rings (SSSR count). The van der Waals surface area contributed by atoms with Crippen molar-refractivity contribution in [1.82, 2.24) is 0 Å². The van der Waals surface area contributed by atoms with E-state index in [1.807, 2.05) is 96.1 Å². The summed E-state index contributed by atoms with van der Waals surface area (Å²) >= 11 is 0. The van der Waals surface area contributed by atoms with E-state index in [0.717, 1.165) is 17.1 Å². The molecule has 0 N–H and O–H groups in total. The minimum atomic E-state index is -0.484. The lowest BCUT2D eigenvalue weighted by Gasteiger charge is -2.20. The number of non-ortho nitro benzene ring substituents is 3. The fraction of sp³-hybridized carbons (Fsp3) is 0.200. The summed E-state index contributed by atoms with van der Waals surface area (Å²) in [5.41, 5.74) is 2.05. The topological polar surface area (TPSA) is 139 Å². The fourth-order valence-electron chi connectivity index (χ4n) is 8.03. The molecular weight excluding hydrogens is 901 g/mol. The van der Waals surface area contributed by atoms with Crippen LogP contribution in [0.15, 0.2) is 109 Å². The maximum absolute atomic E-state index is 12.2. The SMILES string of the molecule is CCN(CC)c1cc2c#cc3cc([N+](=O)[O-])cc(c#cc4cc(N(CC)CC)cc(c#cc5cc([N+](=O)[O-])cc(c#cc6cc(N(CC)CC)cc(c#cc7cc([N+](=O)[O-])cc(c#cc(c1)c2)c7)c6)c5)c4)c3. The first-order valence-electron chi connectivity index (χ1n) is 23.5. The molecule has 354 valence electrons.